The van der Waals surface area contributed by atoms with Crippen LogP contribution in [0.2, 0.25) is 0 Å². The van der Waals surface area contributed by atoms with Crippen LogP contribution < -0.4 is 5.32 Å². The highest BCUT2D eigenvalue weighted by atomic mass is 16.1. The number of benzene rings is 1. The second-order valence-corrected chi connectivity index (χ2v) is 5.90. The fraction of sp³-hybridized carbons (Fsp3) is 0.444. The molecule has 2 rings (SSSR count). The number of hydrogen-bond donors (Lipinski definition) is 1. The number of hydrogen-bond acceptors (Lipinski definition) is 2. The van der Waals surface area contributed by atoms with E-state index in [1.54, 1.807) is 12.4 Å². The number of fused-ring (bicyclic) bond motifs is 1. The van der Waals surface area contributed by atoms with Gasteiger partial charge in [0.2, 0.25) is 0 Å². The average Bonchev–Trinajstić information content (AvgIpc) is 2.49. The van der Waals surface area contributed by atoms with Gasteiger partial charge >= 0.3 is 0 Å². The zero-order chi connectivity index (χ0) is 15.1. The molecule has 0 saturated heterocycles. The van der Waals surface area contributed by atoms with Crippen molar-refractivity contribution in [1.82, 2.24) is 10.3 Å². The third-order valence-electron chi connectivity index (χ3n) is 3.67. The molecule has 1 aromatic heterocycles. The Labute approximate surface area is 126 Å². The van der Waals surface area contributed by atoms with E-state index in [9.17, 15) is 4.79 Å². The number of nitrogens with zero attached hydrogens (tertiary/aromatic N) is 1. The number of carbonyl (C=O) groups excluding carboxylic acids is 1. The highest BCUT2D eigenvalue weighted by Crippen LogP contribution is 2.17. The maximum Gasteiger partial charge on any atom is 0.251 e. The summed E-state index contributed by atoms with van der Waals surface area (Å²) in [6.45, 7) is 5.24. The Hall–Kier alpha value is -1.90. The van der Waals surface area contributed by atoms with E-state index in [4.69, 9.17) is 0 Å². The molecule has 0 aliphatic rings. The SMILES string of the molecule is CC(C)CCCCCNC(=O)c1cccc2ccncc12. The summed E-state index contributed by atoms with van der Waals surface area (Å²) >= 11 is 0. The molecule has 3 heteroatoms. The lowest BCUT2D eigenvalue weighted by molar-refractivity contribution is 0.0954. The zero-order valence-electron chi connectivity index (χ0n) is 12.9. The van der Waals surface area contributed by atoms with Gasteiger partial charge in [0, 0.05) is 29.9 Å². The van der Waals surface area contributed by atoms with E-state index in [1.807, 2.05) is 24.3 Å². The molecule has 1 amide bonds. The summed E-state index contributed by atoms with van der Waals surface area (Å²) in [6.07, 6.45) is 8.23. The molecule has 3 nitrogen and oxygen atoms in total. The number of rotatable bonds is 7. The smallest absolute Gasteiger partial charge is 0.251 e. The van der Waals surface area contributed by atoms with Gasteiger partial charge in [-0.25, -0.2) is 0 Å². The summed E-state index contributed by atoms with van der Waals surface area (Å²) in [6, 6.07) is 7.70. The first-order valence-corrected chi connectivity index (χ1v) is 7.79. The van der Waals surface area contributed by atoms with Crippen LogP contribution in [0.4, 0.5) is 0 Å². The molecule has 0 fully saturated rings. The number of unbranched alkanes of at least 4 members (excludes halogenated alkanes) is 2. The van der Waals surface area contributed by atoms with Crippen molar-refractivity contribution >= 4 is 16.7 Å². The lowest BCUT2D eigenvalue weighted by Crippen LogP contribution is -2.24. The van der Waals surface area contributed by atoms with Gasteiger partial charge in [-0.1, -0.05) is 45.2 Å². The van der Waals surface area contributed by atoms with Crippen molar-refractivity contribution in [3.05, 3.63) is 42.2 Å². The molecule has 0 atom stereocenters. The van der Waals surface area contributed by atoms with Crippen LogP contribution >= 0.6 is 0 Å². The molecule has 1 N–H and O–H groups in total. The third kappa shape index (κ3) is 4.55. The van der Waals surface area contributed by atoms with Crippen molar-refractivity contribution in [2.75, 3.05) is 6.54 Å². The number of carbonyl (C=O) groups is 1. The van der Waals surface area contributed by atoms with Crippen LogP contribution in [0.25, 0.3) is 10.8 Å². The zero-order valence-corrected chi connectivity index (χ0v) is 12.9. The molecule has 0 aliphatic carbocycles. The maximum absolute atomic E-state index is 12.3. The third-order valence-corrected chi connectivity index (χ3v) is 3.67. The largest absolute Gasteiger partial charge is 0.352 e. The molecular weight excluding hydrogens is 260 g/mol. The fourth-order valence-corrected chi connectivity index (χ4v) is 2.46. The van der Waals surface area contributed by atoms with E-state index in [1.165, 1.54) is 19.3 Å². The molecule has 1 heterocycles. The van der Waals surface area contributed by atoms with E-state index in [0.717, 1.165) is 29.7 Å². The van der Waals surface area contributed by atoms with Crippen LogP contribution in [-0.4, -0.2) is 17.4 Å². The van der Waals surface area contributed by atoms with Crippen LogP contribution in [0.1, 0.15) is 49.9 Å². The Bertz CT molecular complexity index is 587. The van der Waals surface area contributed by atoms with Gasteiger partial charge in [0.05, 0.1) is 0 Å². The Balaban J connectivity index is 1.85. The predicted octanol–water partition coefficient (Wildman–Crippen LogP) is 4.18. The lowest BCUT2D eigenvalue weighted by atomic mass is 10.0. The van der Waals surface area contributed by atoms with E-state index < -0.39 is 0 Å². The summed E-state index contributed by atoms with van der Waals surface area (Å²) in [5.74, 6) is 0.764. The number of pyridine rings is 1. The minimum Gasteiger partial charge on any atom is -0.352 e. The molecular formula is C18H24N2O. The Kier molecular flexibility index (Phi) is 5.73. The molecule has 112 valence electrons. The summed E-state index contributed by atoms with van der Waals surface area (Å²) in [4.78, 5) is 16.4. The van der Waals surface area contributed by atoms with Gasteiger partial charge in [-0.15, -0.1) is 0 Å². The highest BCUT2D eigenvalue weighted by Gasteiger charge is 2.08. The molecule has 21 heavy (non-hydrogen) atoms. The van der Waals surface area contributed by atoms with E-state index in [2.05, 4.69) is 24.1 Å². The molecule has 0 aliphatic heterocycles. The van der Waals surface area contributed by atoms with Crippen molar-refractivity contribution in [2.24, 2.45) is 5.92 Å². The van der Waals surface area contributed by atoms with Gasteiger partial charge in [0.1, 0.15) is 0 Å². The van der Waals surface area contributed by atoms with Gasteiger partial charge in [-0.2, -0.15) is 0 Å². The molecule has 0 spiro atoms. The summed E-state index contributed by atoms with van der Waals surface area (Å²) in [7, 11) is 0. The summed E-state index contributed by atoms with van der Waals surface area (Å²) in [5, 5.41) is 4.98. The molecule has 0 radical (unpaired) electrons. The molecule has 0 unspecified atom stereocenters. The van der Waals surface area contributed by atoms with Crippen LogP contribution in [0.15, 0.2) is 36.7 Å². The average molecular weight is 284 g/mol. The van der Waals surface area contributed by atoms with Crippen LogP contribution in [-0.2, 0) is 0 Å². The second kappa shape index (κ2) is 7.77. The van der Waals surface area contributed by atoms with E-state index in [0.29, 0.717) is 5.56 Å². The first-order chi connectivity index (χ1) is 10.2. The van der Waals surface area contributed by atoms with Crippen LogP contribution in [0, 0.1) is 5.92 Å². The maximum atomic E-state index is 12.3. The van der Waals surface area contributed by atoms with Crippen molar-refractivity contribution in [3.63, 3.8) is 0 Å². The van der Waals surface area contributed by atoms with Gasteiger partial charge in [0.25, 0.3) is 5.91 Å². The predicted molar refractivity (Wildman–Crippen MR) is 87.4 cm³/mol. The Morgan fingerprint density at radius 3 is 2.86 bits per heavy atom. The monoisotopic (exact) mass is 284 g/mol. The normalized spacial score (nSPS) is 11.0. The van der Waals surface area contributed by atoms with Gasteiger partial charge in [0.15, 0.2) is 0 Å². The minimum atomic E-state index is -0.00235. The van der Waals surface area contributed by atoms with E-state index >= 15 is 0 Å². The Morgan fingerprint density at radius 2 is 2.05 bits per heavy atom. The number of amides is 1. The van der Waals surface area contributed by atoms with Gasteiger partial charge in [-0.3, -0.25) is 9.78 Å². The molecule has 0 saturated carbocycles. The van der Waals surface area contributed by atoms with Crippen molar-refractivity contribution in [2.45, 2.75) is 39.5 Å². The summed E-state index contributed by atoms with van der Waals surface area (Å²) in [5.41, 5.74) is 0.711. The Morgan fingerprint density at radius 1 is 1.19 bits per heavy atom. The highest BCUT2D eigenvalue weighted by molar-refractivity contribution is 6.06. The van der Waals surface area contributed by atoms with Gasteiger partial charge < -0.3 is 5.32 Å². The molecule has 1 aromatic carbocycles. The van der Waals surface area contributed by atoms with Crippen LogP contribution in [0.5, 0.6) is 0 Å². The van der Waals surface area contributed by atoms with Crippen molar-refractivity contribution in [1.29, 1.82) is 0 Å². The van der Waals surface area contributed by atoms with Crippen LogP contribution in [0.3, 0.4) is 0 Å². The lowest BCUT2D eigenvalue weighted by Gasteiger charge is -2.08. The number of aromatic nitrogens is 1. The van der Waals surface area contributed by atoms with Gasteiger partial charge in [-0.05, 0) is 29.9 Å². The standard InChI is InChI=1S/C18H24N2O/c1-14(2)7-4-3-5-11-20-18(21)16-9-6-8-15-10-12-19-13-17(15)16/h6,8-10,12-14H,3-5,7,11H2,1-2H3,(H,20,21). The quantitative estimate of drug-likeness (QED) is 0.775. The minimum absolute atomic E-state index is 0.00235. The molecule has 2 aromatic rings. The topological polar surface area (TPSA) is 42.0 Å². The second-order valence-electron chi connectivity index (χ2n) is 5.90. The van der Waals surface area contributed by atoms with Crippen molar-refractivity contribution in [3.8, 4) is 0 Å². The fourth-order valence-electron chi connectivity index (χ4n) is 2.46. The summed E-state index contributed by atoms with van der Waals surface area (Å²) < 4.78 is 0. The number of nitrogens with one attached hydrogen (secondary N) is 1. The first-order valence-electron chi connectivity index (χ1n) is 7.79. The van der Waals surface area contributed by atoms with Crippen molar-refractivity contribution < 1.29 is 4.79 Å². The first kappa shape index (κ1) is 15.5. The van der Waals surface area contributed by atoms with E-state index in [-0.39, 0.29) is 5.91 Å². The molecule has 0 bridgehead atoms.